The van der Waals surface area contributed by atoms with Gasteiger partial charge in [-0.2, -0.15) is 0 Å². The number of aromatic hydroxyl groups is 1. The molecule has 8 nitrogen and oxygen atoms in total. The van der Waals surface area contributed by atoms with E-state index in [4.69, 9.17) is 26.8 Å². The maximum absolute atomic E-state index is 12.4. The summed E-state index contributed by atoms with van der Waals surface area (Å²) in [5, 5.41) is 20.3. The summed E-state index contributed by atoms with van der Waals surface area (Å²) in [5.41, 5.74) is 0.244. The smallest absolute Gasteiger partial charge is 0.323 e. The van der Waals surface area contributed by atoms with Crippen LogP contribution in [0, 0.1) is 3.95 Å². The number of nitrogens with zero attached hydrogens (tertiary/aromatic N) is 2. The number of carboxylic acid groups (broad SMARTS) is 1. The summed E-state index contributed by atoms with van der Waals surface area (Å²) in [6, 6.07) is 3.39. The van der Waals surface area contributed by atoms with Gasteiger partial charge in [-0.15, -0.1) is 11.3 Å². The third kappa shape index (κ3) is 3.24. The summed E-state index contributed by atoms with van der Waals surface area (Å²) >= 11 is 6.10. The number of ether oxygens (including phenoxy) is 2. The van der Waals surface area contributed by atoms with Crippen LogP contribution in [0.4, 0.5) is 0 Å². The molecule has 0 atom stereocenters. The van der Waals surface area contributed by atoms with Crippen molar-refractivity contribution >= 4 is 47.6 Å². The molecule has 2 aliphatic heterocycles. The zero-order chi connectivity index (χ0) is 19.1. The van der Waals surface area contributed by atoms with E-state index in [-0.39, 0.29) is 20.3 Å². The number of carbonyl (C=O) groups is 2. The van der Waals surface area contributed by atoms with Crippen molar-refractivity contribution in [1.82, 2.24) is 4.57 Å². The van der Waals surface area contributed by atoms with Crippen molar-refractivity contribution < 1.29 is 29.3 Å². The number of aromatic nitrogens is 1. The van der Waals surface area contributed by atoms with E-state index in [9.17, 15) is 14.7 Å². The molecule has 0 aliphatic carbocycles. The second-order valence-corrected chi connectivity index (χ2v) is 7.43. The highest BCUT2D eigenvalue weighted by atomic mass is 32.1. The van der Waals surface area contributed by atoms with Gasteiger partial charge >= 0.3 is 5.97 Å². The van der Waals surface area contributed by atoms with Crippen LogP contribution < -0.4 is 20.0 Å². The van der Waals surface area contributed by atoms with Crippen LogP contribution in [0.2, 0.25) is 0 Å². The maximum atomic E-state index is 12.4. The fourth-order valence-electron chi connectivity index (χ4n) is 2.74. The SMILES string of the molecule is O=C(O)Cn1c(O)c(/C=C2\C=c3cc4c(cc3=NC2=O)OCCO4)sc1=S. The lowest BCUT2D eigenvalue weighted by Gasteiger charge is -2.18. The molecule has 0 unspecified atom stereocenters. The Labute approximate surface area is 160 Å². The zero-order valence-corrected chi connectivity index (χ0v) is 15.3. The predicted octanol–water partition coefficient (Wildman–Crippen LogP) is 0.864. The molecule has 0 bridgehead atoms. The minimum absolute atomic E-state index is 0.196. The van der Waals surface area contributed by atoms with Crippen LogP contribution in [0.15, 0.2) is 22.7 Å². The second kappa shape index (κ2) is 6.63. The number of hydrogen-bond donors (Lipinski definition) is 2. The molecular weight excluding hydrogens is 392 g/mol. The first-order valence-electron chi connectivity index (χ1n) is 7.83. The predicted molar refractivity (Wildman–Crippen MR) is 98.1 cm³/mol. The van der Waals surface area contributed by atoms with E-state index in [0.29, 0.717) is 35.3 Å². The Morgan fingerprint density at radius 3 is 2.74 bits per heavy atom. The van der Waals surface area contributed by atoms with Gasteiger partial charge in [0.25, 0.3) is 5.91 Å². The molecule has 2 N–H and O–H groups in total. The molecule has 1 aromatic carbocycles. The Hall–Kier alpha value is -2.98. The highest BCUT2D eigenvalue weighted by Gasteiger charge is 2.18. The summed E-state index contributed by atoms with van der Waals surface area (Å²) < 4.78 is 12.3. The fourth-order valence-corrected chi connectivity index (χ4v) is 3.99. The van der Waals surface area contributed by atoms with E-state index in [1.165, 1.54) is 6.08 Å². The van der Waals surface area contributed by atoms with E-state index >= 15 is 0 Å². The lowest BCUT2D eigenvalue weighted by atomic mass is 10.1. The highest BCUT2D eigenvalue weighted by molar-refractivity contribution is 7.73. The average Bonchev–Trinajstić information content (AvgIpc) is 2.88. The van der Waals surface area contributed by atoms with Crippen molar-refractivity contribution in [2.75, 3.05) is 13.2 Å². The fraction of sp³-hybridized carbons (Fsp3) is 0.176. The minimum atomic E-state index is -1.13. The molecule has 3 heterocycles. The van der Waals surface area contributed by atoms with Gasteiger partial charge in [0.1, 0.15) is 19.8 Å². The summed E-state index contributed by atoms with van der Waals surface area (Å²) in [5.74, 6) is -0.795. The molecule has 4 rings (SSSR count). The Morgan fingerprint density at radius 1 is 1.33 bits per heavy atom. The Kier molecular flexibility index (Phi) is 4.28. The largest absolute Gasteiger partial charge is 0.493 e. The molecule has 138 valence electrons. The number of carbonyl (C=O) groups excluding carboxylic acids is 1. The molecule has 0 spiro atoms. The van der Waals surface area contributed by atoms with Crippen LogP contribution in [-0.4, -0.2) is 39.9 Å². The third-order valence-corrected chi connectivity index (χ3v) is 5.33. The summed E-state index contributed by atoms with van der Waals surface area (Å²) in [6.07, 6.45) is 3.08. The number of benzene rings is 1. The van der Waals surface area contributed by atoms with Gasteiger partial charge in [-0.25, -0.2) is 4.99 Å². The Balaban J connectivity index is 1.80. The van der Waals surface area contributed by atoms with E-state index < -0.39 is 18.4 Å². The number of thiazole rings is 1. The number of hydrogen-bond acceptors (Lipinski definition) is 7. The lowest BCUT2D eigenvalue weighted by molar-refractivity contribution is -0.137. The van der Waals surface area contributed by atoms with E-state index in [1.54, 1.807) is 18.2 Å². The van der Waals surface area contributed by atoms with Crippen LogP contribution in [-0.2, 0) is 16.1 Å². The first kappa shape index (κ1) is 17.4. The lowest BCUT2D eigenvalue weighted by Crippen LogP contribution is -2.32. The molecule has 0 radical (unpaired) electrons. The van der Waals surface area contributed by atoms with Crippen LogP contribution >= 0.6 is 23.6 Å². The Bertz CT molecular complexity index is 1190. The van der Waals surface area contributed by atoms with Crippen molar-refractivity contribution in [1.29, 1.82) is 0 Å². The maximum Gasteiger partial charge on any atom is 0.323 e. The standard InChI is InChI=1S/C17H12N2O6S2/c20-14(21)7-19-16(23)13(27-17(19)26)5-9-3-8-4-11-12(25-2-1-24-11)6-10(8)18-15(9)22/h3-6,23H,1-2,7H2,(H,20,21)/b9-5+. The van der Waals surface area contributed by atoms with Gasteiger partial charge in [-0.3, -0.25) is 14.2 Å². The molecule has 2 aliphatic rings. The van der Waals surface area contributed by atoms with Crippen molar-refractivity contribution in [2.45, 2.75) is 6.54 Å². The summed E-state index contributed by atoms with van der Waals surface area (Å²) in [6.45, 7) is 0.420. The molecule has 10 heteroatoms. The van der Waals surface area contributed by atoms with Gasteiger partial charge in [0.15, 0.2) is 15.5 Å². The molecule has 2 aromatic rings. The third-order valence-electron chi connectivity index (χ3n) is 3.95. The number of carboxylic acids is 1. The quantitative estimate of drug-likeness (QED) is 0.577. The molecule has 0 saturated heterocycles. The van der Waals surface area contributed by atoms with E-state index in [2.05, 4.69) is 4.99 Å². The number of rotatable bonds is 3. The number of aliphatic carboxylic acids is 1. The molecule has 27 heavy (non-hydrogen) atoms. The van der Waals surface area contributed by atoms with Crippen molar-refractivity contribution in [3.05, 3.63) is 37.1 Å². The normalized spacial score (nSPS) is 16.4. The van der Waals surface area contributed by atoms with Crippen molar-refractivity contribution in [3.63, 3.8) is 0 Å². The Morgan fingerprint density at radius 2 is 2.04 bits per heavy atom. The van der Waals surface area contributed by atoms with Crippen LogP contribution in [0.1, 0.15) is 4.88 Å². The van der Waals surface area contributed by atoms with Gasteiger partial charge in [0.05, 0.1) is 10.2 Å². The second-order valence-electron chi connectivity index (χ2n) is 5.75. The molecule has 0 fully saturated rings. The van der Waals surface area contributed by atoms with Crippen LogP contribution in [0.3, 0.4) is 0 Å². The molecule has 1 aromatic heterocycles. The van der Waals surface area contributed by atoms with Crippen LogP contribution in [0.25, 0.3) is 12.2 Å². The van der Waals surface area contributed by atoms with Gasteiger partial charge in [0.2, 0.25) is 5.88 Å². The summed E-state index contributed by atoms with van der Waals surface area (Å²) in [7, 11) is 0. The van der Waals surface area contributed by atoms with Gasteiger partial charge < -0.3 is 19.7 Å². The molecule has 1 amide bonds. The summed E-state index contributed by atoms with van der Waals surface area (Å²) in [4.78, 5) is 27.6. The topological polar surface area (TPSA) is 110 Å². The minimum Gasteiger partial charge on any atom is -0.493 e. The first-order chi connectivity index (χ1) is 12.9. The van der Waals surface area contributed by atoms with Crippen molar-refractivity contribution in [2.24, 2.45) is 4.99 Å². The first-order valence-corrected chi connectivity index (χ1v) is 9.05. The van der Waals surface area contributed by atoms with Gasteiger partial charge in [-0.1, -0.05) is 0 Å². The molecule has 0 saturated carbocycles. The monoisotopic (exact) mass is 404 g/mol. The van der Waals surface area contributed by atoms with Gasteiger partial charge in [-0.05, 0) is 30.4 Å². The van der Waals surface area contributed by atoms with Crippen molar-refractivity contribution in [3.8, 4) is 17.4 Å². The highest BCUT2D eigenvalue weighted by Crippen LogP contribution is 2.30. The molecular formula is C17H12N2O6S2. The average molecular weight is 404 g/mol. The van der Waals surface area contributed by atoms with Crippen LogP contribution in [0.5, 0.6) is 17.4 Å². The number of fused-ring (bicyclic) bond motifs is 2. The van der Waals surface area contributed by atoms with E-state index in [1.807, 2.05) is 0 Å². The van der Waals surface area contributed by atoms with Gasteiger partial charge in [0, 0.05) is 16.9 Å². The zero-order valence-electron chi connectivity index (χ0n) is 13.7. The van der Waals surface area contributed by atoms with E-state index in [0.717, 1.165) is 15.9 Å². The number of amides is 1.